The first kappa shape index (κ1) is 18.8. The Balaban J connectivity index is 2.00. The standard InChI is InChI=1S/C20H22ClNO4/c1-12-17(20(24)26-11-10-25-2)18(13-6-8-14(21)9-7-13)19-15(22-12)4-3-5-16(19)23/h3,5-9,15,17-19H,4,10-11H2,1-2H3/t15-,17?,18+,19+/m0/s1. The molecule has 138 valence electrons. The number of carbonyl (C=O) groups excluding carboxylic acids is 2. The van der Waals surface area contributed by atoms with Gasteiger partial charge in [0.25, 0.3) is 0 Å². The van der Waals surface area contributed by atoms with Crippen molar-refractivity contribution in [1.82, 2.24) is 0 Å². The normalized spacial score (nSPS) is 27.7. The van der Waals surface area contributed by atoms with Crippen molar-refractivity contribution in [3.63, 3.8) is 0 Å². The van der Waals surface area contributed by atoms with E-state index in [9.17, 15) is 9.59 Å². The molecule has 4 atom stereocenters. The first-order valence-corrected chi connectivity index (χ1v) is 9.06. The first-order valence-electron chi connectivity index (χ1n) is 8.68. The molecule has 1 aliphatic carbocycles. The van der Waals surface area contributed by atoms with Crippen molar-refractivity contribution < 1.29 is 19.1 Å². The molecular formula is C20H22ClNO4. The Kier molecular flexibility index (Phi) is 5.89. The maximum Gasteiger partial charge on any atom is 0.315 e. The Morgan fingerprint density at radius 1 is 1.23 bits per heavy atom. The van der Waals surface area contributed by atoms with E-state index in [1.807, 2.05) is 25.1 Å². The Morgan fingerprint density at radius 3 is 2.65 bits per heavy atom. The highest BCUT2D eigenvalue weighted by molar-refractivity contribution is 6.30. The molecule has 0 aromatic heterocycles. The monoisotopic (exact) mass is 375 g/mol. The van der Waals surface area contributed by atoms with E-state index in [1.165, 1.54) is 0 Å². The van der Waals surface area contributed by atoms with Crippen LogP contribution in [0.4, 0.5) is 0 Å². The zero-order valence-electron chi connectivity index (χ0n) is 14.9. The lowest BCUT2D eigenvalue weighted by Crippen LogP contribution is -2.46. The predicted molar refractivity (Wildman–Crippen MR) is 99.7 cm³/mol. The van der Waals surface area contributed by atoms with Gasteiger partial charge in [0.15, 0.2) is 5.78 Å². The fourth-order valence-corrected chi connectivity index (χ4v) is 3.97. The summed E-state index contributed by atoms with van der Waals surface area (Å²) in [4.78, 5) is 30.1. The maximum absolute atomic E-state index is 12.8. The van der Waals surface area contributed by atoms with E-state index in [4.69, 9.17) is 21.1 Å². The van der Waals surface area contributed by atoms with E-state index >= 15 is 0 Å². The molecule has 0 fully saturated rings. The summed E-state index contributed by atoms with van der Waals surface area (Å²) in [6, 6.07) is 7.18. The number of esters is 1. The highest BCUT2D eigenvalue weighted by Crippen LogP contribution is 2.43. The molecule has 1 aliphatic heterocycles. The van der Waals surface area contributed by atoms with Crippen LogP contribution in [0.5, 0.6) is 0 Å². The van der Waals surface area contributed by atoms with Crippen LogP contribution in [0, 0.1) is 11.8 Å². The average Bonchev–Trinajstić information content (AvgIpc) is 2.61. The second-order valence-electron chi connectivity index (χ2n) is 6.62. The second kappa shape index (κ2) is 8.14. The Hall–Kier alpha value is -1.98. The van der Waals surface area contributed by atoms with Crippen LogP contribution in [0.1, 0.15) is 24.8 Å². The molecule has 0 amide bonds. The molecule has 2 aliphatic rings. The lowest BCUT2D eigenvalue weighted by Gasteiger charge is -2.40. The zero-order chi connectivity index (χ0) is 18.7. The summed E-state index contributed by atoms with van der Waals surface area (Å²) in [6.45, 7) is 2.34. The number of hydrogen-bond acceptors (Lipinski definition) is 5. The van der Waals surface area contributed by atoms with Crippen LogP contribution in [-0.2, 0) is 19.1 Å². The van der Waals surface area contributed by atoms with Crippen molar-refractivity contribution >= 4 is 29.1 Å². The number of hydrogen-bond donors (Lipinski definition) is 0. The van der Waals surface area contributed by atoms with Gasteiger partial charge in [-0.05, 0) is 37.1 Å². The zero-order valence-corrected chi connectivity index (χ0v) is 15.6. The summed E-state index contributed by atoms with van der Waals surface area (Å²) in [5, 5.41) is 0.612. The second-order valence-corrected chi connectivity index (χ2v) is 7.06. The smallest absolute Gasteiger partial charge is 0.315 e. The topological polar surface area (TPSA) is 65.0 Å². The van der Waals surface area contributed by atoms with Crippen LogP contribution in [0.2, 0.25) is 5.02 Å². The molecule has 6 heteroatoms. The third-order valence-corrected chi connectivity index (χ3v) is 5.26. The lowest BCUT2D eigenvalue weighted by atomic mass is 9.66. The van der Waals surface area contributed by atoms with E-state index in [0.29, 0.717) is 23.8 Å². The van der Waals surface area contributed by atoms with Gasteiger partial charge in [0.1, 0.15) is 12.5 Å². The third kappa shape index (κ3) is 3.74. The number of ether oxygens (including phenoxy) is 2. The number of ketones is 1. The minimum Gasteiger partial charge on any atom is -0.463 e. The largest absolute Gasteiger partial charge is 0.463 e. The van der Waals surface area contributed by atoms with Gasteiger partial charge in [-0.15, -0.1) is 0 Å². The van der Waals surface area contributed by atoms with E-state index < -0.39 is 5.92 Å². The van der Waals surface area contributed by atoms with Crippen molar-refractivity contribution in [3.8, 4) is 0 Å². The van der Waals surface area contributed by atoms with Gasteiger partial charge in [-0.3, -0.25) is 14.6 Å². The van der Waals surface area contributed by atoms with Gasteiger partial charge in [0.2, 0.25) is 0 Å². The molecule has 0 saturated heterocycles. The SMILES string of the molecule is COCCOC(=O)C1C(C)=N[C@H]2CC=CC(=O)[C@@H]2[C@@H]1c1ccc(Cl)cc1. The van der Waals surface area contributed by atoms with Gasteiger partial charge in [0.05, 0.1) is 18.6 Å². The molecule has 1 aromatic rings. The molecule has 1 unspecified atom stereocenters. The van der Waals surface area contributed by atoms with Crippen molar-refractivity contribution in [2.75, 3.05) is 20.3 Å². The van der Waals surface area contributed by atoms with E-state index in [1.54, 1.807) is 25.3 Å². The maximum atomic E-state index is 12.8. The molecule has 0 spiro atoms. The van der Waals surface area contributed by atoms with Crippen molar-refractivity contribution in [1.29, 1.82) is 0 Å². The number of nitrogens with zero attached hydrogens (tertiary/aromatic N) is 1. The molecule has 5 nitrogen and oxygen atoms in total. The third-order valence-electron chi connectivity index (χ3n) is 5.01. The number of carbonyl (C=O) groups is 2. The summed E-state index contributed by atoms with van der Waals surface area (Å²) in [5.74, 6) is -1.65. The molecular weight excluding hydrogens is 354 g/mol. The molecule has 3 rings (SSSR count). The van der Waals surface area contributed by atoms with Crippen LogP contribution >= 0.6 is 11.6 Å². The summed E-state index contributed by atoms with van der Waals surface area (Å²) >= 11 is 6.02. The van der Waals surface area contributed by atoms with Crippen LogP contribution in [0.3, 0.4) is 0 Å². The number of halogens is 1. The van der Waals surface area contributed by atoms with Crippen molar-refractivity contribution in [3.05, 3.63) is 47.0 Å². The van der Waals surface area contributed by atoms with Gasteiger partial charge in [-0.25, -0.2) is 0 Å². The summed E-state index contributed by atoms with van der Waals surface area (Å²) < 4.78 is 10.3. The minimum absolute atomic E-state index is 0.00661. The Bertz CT molecular complexity index is 741. The molecule has 0 bridgehead atoms. The number of aliphatic imine (C=N–C) groups is 1. The summed E-state index contributed by atoms with van der Waals surface area (Å²) in [6.07, 6.45) is 4.16. The number of fused-ring (bicyclic) bond motifs is 1. The predicted octanol–water partition coefficient (Wildman–Crippen LogP) is 3.22. The number of methoxy groups -OCH3 is 1. The van der Waals surface area contributed by atoms with E-state index in [-0.39, 0.29) is 36.2 Å². The highest BCUT2D eigenvalue weighted by atomic mass is 35.5. The summed E-state index contributed by atoms with van der Waals surface area (Å²) in [7, 11) is 1.55. The van der Waals surface area contributed by atoms with E-state index in [2.05, 4.69) is 4.99 Å². The molecule has 1 heterocycles. The number of rotatable bonds is 5. The lowest BCUT2D eigenvalue weighted by molar-refractivity contribution is -0.149. The molecule has 0 radical (unpaired) electrons. The summed E-state index contributed by atoms with van der Waals surface area (Å²) in [5.41, 5.74) is 1.60. The average molecular weight is 376 g/mol. The fraction of sp³-hybridized carbons (Fsp3) is 0.450. The first-order chi connectivity index (χ1) is 12.5. The van der Waals surface area contributed by atoms with Crippen LogP contribution in [0.25, 0.3) is 0 Å². The molecule has 1 aromatic carbocycles. The van der Waals surface area contributed by atoms with Crippen LogP contribution in [0.15, 0.2) is 41.4 Å². The Labute approximate surface area is 158 Å². The molecule has 0 N–H and O–H groups in total. The van der Waals surface area contributed by atoms with Gasteiger partial charge in [-0.2, -0.15) is 0 Å². The van der Waals surface area contributed by atoms with Gasteiger partial charge in [0, 0.05) is 23.8 Å². The van der Waals surface area contributed by atoms with Crippen molar-refractivity contribution in [2.45, 2.75) is 25.3 Å². The highest BCUT2D eigenvalue weighted by Gasteiger charge is 2.48. The molecule has 26 heavy (non-hydrogen) atoms. The Morgan fingerprint density at radius 2 is 1.96 bits per heavy atom. The van der Waals surface area contributed by atoms with Gasteiger partial charge >= 0.3 is 5.97 Å². The fourth-order valence-electron chi connectivity index (χ4n) is 3.85. The van der Waals surface area contributed by atoms with E-state index in [0.717, 1.165) is 5.56 Å². The van der Waals surface area contributed by atoms with Crippen LogP contribution in [-0.4, -0.2) is 43.8 Å². The van der Waals surface area contributed by atoms with Crippen molar-refractivity contribution in [2.24, 2.45) is 16.8 Å². The van der Waals surface area contributed by atoms with Gasteiger partial charge in [-0.1, -0.05) is 29.8 Å². The quantitative estimate of drug-likeness (QED) is 0.585. The van der Waals surface area contributed by atoms with Crippen LogP contribution < -0.4 is 0 Å². The van der Waals surface area contributed by atoms with Gasteiger partial charge < -0.3 is 9.47 Å². The number of benzene rings is 1. The minimum atomic E-state index is -0.593. The molecule has 0 saturated carbocycles. The number of allylic oxidation sites excluding steroid dienone is 1.